The van der Waals surface area contributed by atoms with Crippen LogP contribution in [0.5, 0.6) is 0 Å². The van der Waals surface area contributed by atoms with E-state index in [0.29, 0.717) is 0 Å². The van der Waals surface area contributed by atoms with Gasteiger partial charge in [-0.1, -0.05) is 6.08 Å². The zero-order valence-corrected chi connectivity index (χ0v) is 12.1. The van der Waals surface area contributed by atoms with E-state index >= 15 is 0 Å². The normalized spacial score (nSPS) is 12.5. The maximum absolute atomic E-state index is 4.48. The Morgan fingerprint density at radius 2 is 1.24 bits per heavy atom. The molecule has 1 aromatic carbocycles. The summed E-state index contributed by atoms with van der Waals surface area (Å²) in [6.45, 7) is 15.0. The lowest BCUT2D eigenvalue weighted by atomic mass is 9.90. The molecule has 0 aromatic heterocycles. The van der Waals surface area contributed by atoms with Crippen molar-refractivity contribution >= 4 is 6.21 Å². The van der Waals surface area contributed by atoms with Crippen LogP contribution in [0.15, 0.2) is 16.8 Å². The third-order valence-corrected chi connectivity index (χ3v) is 3.87. The first-order valence-electron chi connectivity index (χ1n) is 6.14. The van der Waals surface area contributed by atoms with Crippen LogP contribution in [-0.2, 0) is 0 Å². The average Bonchev–Trinajstić information content (AvgIpc) is 2.33. The summed E-state index contributed by atoms with van der Waals surface area (Å²) in [5, 5.41) is 0. The van der Waals surface area contributed by atoms with Gasteiger partial charge in [0.05, 0.1) is 0 Å². The van der Waals surface area contributed by atoms with Crippen LogP contribution in [0.3, 0.4) is 0 Å². The van der Waals surface area contributed by atoms with Crippen LogP contribution in [0.2, 0.25) is 0 Å². The van der Waals surface area contributed by atoms with Crippen LogP contribution in [0.4, 0.5) is 0 Å². The molecule has 0 aliphatic carbocycles. The summed E-state index contributed by atoms with van der Waals surface area (Å²) in [6, 6.07) is 0. The third-order valence-electron chi connectivity index (χ3n) is 3.87. The van der Waals surface area contributed by atoms with Crippen LogP contribution >= 0.6 is 0 Å². The highest BCUT2D eigenvalue weighted by Gasteiger charge is 2.10. The Balaban J connectivity index is 3.40. The van der Waals surface area contributed by atoms with Crippen LogP contribution in [0, 0.1) is 34.6 Å². The fourth-order valence-electron chi connectivity index (χ4n) is 1.96. The van der Waals surface area contributed by atoms with Crippen molar-refractivity contribution < 1.29 is 0 Å². The molecule has 0 aliphatic heterocycles. The molecule has 0 saturated carbocycles. The predicted molar refractivity (Wildman–Crippen MR) is 77.2 cm³/mol. The first kappa shape index (κ1) is 13.7. The standard InChI is InChI=1S/C16H23N/c1-8-10(2)17-9-16-14(6)12(4)11(3)13(5)15(16)7/h8-9H,1-7H3. The van der Waals surface area contributed by atoms with Crippen molar-refractivity contribution in [3.63, 3.8) is 0 Å². The van der Waals surface area contributed by atoms with E-state index in [4.69, 9.17) is 0 Å². The second kappa shape index (κ2) is 5.31. The Kier molecular flexibility index (Phi) is 4.28. The van der Waals surface area contributed by atoms with Gasteiger partial charge in [-0.15, -0.1) is 0 Å². The second-order valence-corrected chi connectivity index (χ2v) is 4.73. The van der Waals surface area contributed by atoms with Gasteiger partial charge in [0, 0.05) is 11.9 Å². The smallest absolute Gasteiger partial charge is 0.0348 e. The largest absolute Gasteiger partial charge is 0.261 e. The van der Waals surface area contributed by atoms with Gasteiger partial charge >= 0.3 is 0 Å². The Labute approximate surface area is 105 Å². The molecule has 17 heavy (non-hydrogen) atoms. The van der Waals surface area contributed by atoms with Gasteiger partial charge in [-0.05, 0) is 81.8 Å². The van der Waals surface area contributed by atoms with E-state index in [1.54, 1.807) is 0 Å². The van der Waals surface area contributed by atoms with Crippen molar-refractivity contribution in [3.05, 3.63) is 45.2 Å². The molecule has 0 heterocycles. The Bertz CT molecular complexity index is 462. The fraction of sp³-hybridized carbons (Fsp3) is 0.438. The van der Waals surface area contributed by atoms with E-state index in [2.05, 4.69) is 39.6 Å². The second-order valence-electron chi connectivity index (χ2n) is 4.73. The van der Waals surface area contributed by atoms with Crippen molar-refractivity contribution in [1.82, 2.24) is 0 Å². The molecule has 0 fully saturated rings. The molecule has 0 N–H and O–H groups in total. The van der Waals surface area contributed by atoms with Gasteiger partial charge in [0.25, 0.3) is 0 Å². The molecule has 0 amide bonds. The Morgan fingerprint density at radius 1 is 0.824 bits per heavy atom. The molecule has 1 nitrogen and oxygen atoms in total. The fourth-order valence-corrected chi connectivity index (χ4v) is 1.96. The molecule has 0 unspecified atom stereocenters. The van der Waals surface area contributed by atoms with Gasteiger partial charge in [-0.3, -0.25) is 4.99 Å². The number of hydrogen-bond acceptors (Lipinski definition) is 1. The highest BCUT2D eigenvalue weighted by atomic mass is 14.7. The van der Waals surface area contributed by atoms with Crippen LogP contribution in [0.25, 0.3) is 0 Å². The van der Waals surface area contributed by atoms with E-state index in [0.717, 1.165) is 5.70 Å². The lowest BCUT2D eigenvalue weighted by Crippen LogP contribution is -2.02. The topological polar surface area (TPSA) is 12.4 Å². The van der Waals surface area contributed by atoms with Gasteiger partial charge in [0.1, 0.15) is 0 Å². The van der Waals surface area contributed by atoms with Crippen LogP contribution < -0.4 is 0 Å². The molecular formula is C16H23N. The molecule has 0 bridgehead atoms. The highest BCUT2D eigenvalue weighted by Crippen LogP contribution is 2.24. The first-order chi connectivity index (χ1) is 7.90. The number of hydrogen-bond donors (Lipinski definition) is 0. The predicted octanol–water partition coefficient (Wildman–Crippen LogP) is 4.57. The van der Waals surface area contributed by atoms with Crippen molar-refractivity contribution in [2.75, 3.05) is 0 Å². The zero-order chi connectivity index (χ0) is 13.2. The minimum Gasteiger partial charge on any atom is -0.261 e. The van der Waals surface area contributed by atoms with Crippen molar-refractivity contribution in [2.45, 2.75) is 48.5 Å². The van der Waals surface area contributed by atoms with Crippen molar-refractivity contribution in [2.24, 2.45) is 4.99 Å². The van der Waals surface area contributed by atoms with E-state index in [1.165, 1.54) is 33.4 Å². The summed E-state index contributed by atoms with van der Waals surface area (Å²) in [7, 11) is 0. The molecule has 1 rings (SSSR count). The molecule has 92 valence electrons. The number of nitrogens with zero attached hydrogens (tertiary/aromatic N) is 1. The maximum Gasteiger partial charge on any atom is 0.0348 e. The number of benzene rings is 1. The van der Waals surface area contributed by atoms with E-state index in [-0.39, 0.29) is 0 Å². The van der Waals surface area contributed by atoms with Gasteiger partial charge in [0.2, 0.25) is 0 Å². The van der Waals surface area contributed by atoms with E-state index < -0.39 is 0 Å². The molecular weight excluding hydrogens is 206 g/mol. The Morgan fingerprint density at radius 3 is 1.65 bits per heavy atom. The summed E-state index contributed by atoms with van der Waals surface area (Å²) >= 11 is 0. The quantitative estimate of drug-likeness (QED) is 0.659. The summed E-state index contributed by atoms with van der Waals surface area (Å²) < 4.78 is 0. The molecule has 0 saturated heterocycles. The molecule has 0 spiro atoms. The molecule has 1 heteroatoms. The summed E-state index contributed by atoms with van der Waals surface area (Å²) in [5.74, 6) is 0. The SMILES string of the molecule is CC=C(C)N=Cc1c(C)c(C)c(C)c(C)c1C. The van der Waals surface area contributed by atoms with Gasteiger partial charge in [-0.25, -0.2) is 0 Å². The summed E-state index contributed by atoms with van der Waals surface area (Å²) in [4.78, 5) is 4.48. The minimum atomic E-state index is 1.06. The highest BCUT2D eigenvalue weighted by molar-refractivity contribution is 5.86. The van der Waals surface area contributed by atoms with Crippen LogP contribution in [-0.4, -0.2) is 6.21 Å². The van der Waals surface area contributed by atoms with E-state index in [9.17, 15) is 0 Å². The first-order valence-corrected chi connectivity index (χ1v) is 6.14. The van der Waals surface area contributed by atoms with Gasteiger partial charge in [0.15, 0.2) is 0 Å². The lowest BCUT2D eigenvalue weighted by molar-refractivity contribution is 1.16. The number of rotatable bonds is 2. The number of aliphatic imine (C=N–C) groups is 1. The third kappa shape index (κ3) is 2.66. The molecule has 0 radical (unpaired) electrons. The van der Waals surface area contributed by atoms with Crippen molar-refractivity contribution in [3.8, 4) is 0 Å². The number of allylic oxidation sites excluding steroid dienone is 2. The minimum absolute atomic E-state index is 1.06. The van der Waals surface area contributed by atoms with E-state index in [1.807, 2.05) is 26.1 Å². The maximum atomic E-state index is 4.48. The lowest BCUT2D eigenvalue weighted by Gasteiger charge is -2.15. The van der Waals surface area contributed by atoms with Crippen molar-refractivity contribution in [1.29, 1.82) is 0 Å². The monoisotopic (exact) mass is 229 g/mol. The zero-order valence-electron chi connectivity index (χ0n) is 12.1. The van der Waals surface area contributed by atoms with Gasteiger partial charge in [-0.2, -0.15) is 0 Å². The Hall–Kier alpha value is -1.37. The molecule has 0 aliphatic rings. The average molecular weight is 229 g/mol. The summed E-state index contributed by atoms with van der Waals surface area (Å²) in [5.41, 5.74) is 9.18. The van der Waals surface area contributed by atoms with Gasteiger partial charge < -0.3 is 0 Å². The summed E-state index contributed by atoms with van der Waals surface area (Å²) in [6.07, 6.45) is 4.02. The van der Waals surface area contributed by atoms with Crippen LogP contribution in [0.1, 0.15) is 47.2 Å². The molecule has 1 aromatic rings. The molecule has 0 atom stereocenters.